The van der Waals surface area contributed by atoms with Gasteiger partial charge in [0.1, 0.15) is 12.4 Å². The van der Waals surface area contributed by atoms with Crippen molar-refractivity contribution in [3.8, 4) is 0 Å². The first-order chi connectivity index (χ1) is 11.6. The van der Waals surface area contributed by atoms with E-state index in [1.807, 2.05) is 17.1 Å². The number of quaternary nitrogens is 1. The van der Waals surface area contributed by atoms with Gasteiger partial charge in [-0.2, -0.15) is 5.10 Å². The highest BCUT2D eigenvalue weighted by atomic mass is 35.5. The molecule has 126 valence electrons. The number of hydrogen-bond acceptors (Lipinski definition) is 2. The third-order valence-corrected chi connectivity index (χ3v) is 4.75. The van der Waals surface area contributed by atoms with E-state index in [9.17, 15) is 4.39 Å². The van der Waals surface area contributed by atoms with Crippen LogP contribution in [0, 0.1) is 5.82 Å². The SMILES string of the molecule is Fc1cccc(Cl)c1C=NN1CC[NH+](Cc2ccc(Cl)cc2)CC1. The largest absolute Gasteiger partial charge is 0.328 e. The molecule has 1 saturated heterocycles. The Morgan fingerprint density at radius 2 is 1.79 bits per heavy atom. The molecule has 2 aromatic rings. The number of nitrogens with zero attached hydrogens (tertiary/aromatic N) is 2. The molecule has 0 aliphatic carbocycles. The van der Waals surface area contributed by atoms with Crippen molar-refractivity contribution >= 4 is 29.4 Å². The van der Waals surface area contributed by atoms with Crippen molar-refractivity contribution in [2.24, 2.45) is 5.10 Å². The fourth-order valence-corrected chi connectivity index (χ4v) is 3.11. The van der Waals surface area contributed by atoms with Crippen molar-refractivity contribution in [2.45, 2.75) is 6.54 Å². The number of piperazine rings is 1. The molecule has 0 aromatic heterocycles. The molecule has 1 N–H and O–H groups in total. The van der Waals surface area contributed by atoms with Gasteiger partial charge in [-0.15, -0.1) is 0 Å². The zero-order valence-corrected chi connectivity index (χ0v) is 14.7. The second-order valence-electron chi connectivity index (χ2n) is 5.89. The lowest BCUT2D eigenvalue weighted by molar-refractivity contribution is -0.918. The minimum atomic E-state index is -0.349. The van der Waals surface area contributed by atoms with E-state index in [0.29, 0.717) is 10.6 Å². The monoisotopic (exact) mass is 366 g/mol. The van der Waals surface area contributed by atoms with Crippen LogP contribution in [-0.2, 0) is 6.54 Å². The van der Waals surface area contributed by atoms with Gasteiger partial charge in [-0.25, -0.2) is 4.39 Å². The van der Waals surface area contributed by atoms with Crippen LogP contribution >= 0.6 is 23.2 Å². The van der Waals surface area contributed by atoms with Crippen LogP contribution in [0.15, 0.2) is 47.6 Å². The van der Waals surface area contributed by atoms with Gasteiger partial charge < -0.3 is 4.90 Å². The summed E-state index contributed by atoms with van der Waals surface area (Å²) in [6.07, 6.45) is 1.52. The fraction of sp³-hybridized carbons (Fsp3) is 0.278. The molecule has 0 amide bonds. The highest BCUT2D eigenvalue weighted by Gasteiger charge is 2.18. The molecule has 0 atom stereocenters. The van der Waals surface area contributed by atoms with Crippen LogP contribution in [0.4, 0.5) is 4.39 Å². The number of rotatable bonds is 4. The van der Waals surface area contributed by atoms with Crippen molar-refractivity contribution in [3.05, 3.63) is 69.5 Å². The van der Waals surface area contributed by atoms with Gasteiger partial charge in [0, 0.05) is 16.1 Å². The third-order valence-electron chi connectivity index (χ3n) is 4.16. The zero-order chi connectivity index (χ0) is 16.9. The van der Waals surface area contributed by atoms with Gasteiger partial charge >= 0.3 is 0 Å². The van der Waals surface area contributed by atoms with E-state index >= 15 is 0 Å². The standard InChI is InChI=1S/C18H18Cl2FN3/c19-15-6-4-14(5-7-15)13-23-8-10-24(11-9-23)22-12-16-17(20)2-1-3-18(16)21/h1-7,12H,8-11,13H2/p+1. The molecular formula is C18H19Cl2FN3+. The maximum atomic E-state index is 13.7. The molecule has 1 fully saturated rings. The smallest absolute Gasteiger partial charge is 0.133 e. The van der Waals surface area contributed by atoms with Crippen molar-refractivity contribution in [2.75, 3.05) is 26.2 Å². The van der Waals surface area contributed by atoms with Crippen LogP contribution in [0.25, 0.3) is 0 Å². The summed E-state index contributed by atoms with van der Waals surface area (Å²) >= 11 is 11.9. The Morgan fingerprint density at radius 3 is 2.46 bits per heavy atom. The molecule has 3 nitrogen and oxygen atoms in total. The molecule has 0 unspecified atom stereocenters. The lowest BCUT2D eigenvalue weighted by Crippen LogP contribution is -3.13. The molecule has 3 rings (SSSR count). The van der Waals surface area contributed by atoms with Crippen LogP contribution < -0.4 is 4.90 Å². The van der Waals surface area contributed by atoms with E-state index in [1.165, 1.54) is 22.7 Å². The predicted molar refractivity (Wildman–Crippen MR) is 96.4 cm³/mol. The van der Waals surface area contributed by atoms with E-state index in [-0.39, 0.29) is 5.82 Å². The average molecular weight is 367 g/mol. The number of hydrazone groups is 1. The van der Waals surface area contributed by atoms with E-state index in [4.69, 9.17) is 23.2 Å². The molecule has 1 aliphatic heterocycles. The molecular weight excluding hydrogens is 348 g/mol. The van der Waals surface area contributed by atoms with Gasteiger partial charge in [-0.05, 0) is 24.3 Å². The maximum absolute atomic E-state index is 13.7. The number of nitrogens with one attached hydrogen (secondary N) is 1. The summed E-state index contributed by atoms with van der Waals surface area (Å²) in [4.78, 5) is 1.51. The minimum absolute atomic E-state index is 0.343. The van der Waals surface area contributed by atoms with Gasteiger partial charge in [0.15, 0.2) is 0 Å². The van der Waals surface area contributed by atoms with E-state index in [0.717, 1.165) is 37.7 Å². The normalized spacial score (nSPS) is 16.0. The van der Waals surface area contributed by atoms with Crippen molar-refractivity contribution in [1.82, 2.24) is 5.01 Å². The molecule has 1 heterocycles. The molecule has 1 aliphatic rings. The lowest BCUT2D eigenvalue weighted by atomic mass is 10.2. The van der Waals surface area contributed by atoms with Gasteiger partial charge in [0.2, 0.25) is 0 Å². The second kappa shape index (κ2) is 7.97. The highest BCUT2D eigenvalue weighted by molar-refractivity contribution is 6.33. The Morgan fingerprint density at radius 1 is 1.08 bits per heavy atom. The molecule has 0 radical (unpaired) electrons. The summed E-state index contributed by atoms with van der Waals surface area (Å²) in [5, 5.41) is 7.49. The lowest BCUT2D eigenvalue weighted by Gasteiger charge is -2.30. The van der Waals surface area contributed by atoms with Crippen molar-refractivity contribution < 1.29 is 9.29 Å². The summed E-state index contributed by atoms with van der Waals surface area (Å²) in [6, 6.07) is 12.6. The molecule has 2 aromatic carbocycles. The Bertz CT molecular complexity index is 690. The molecule has 0 saturated carbocycles. The van der Waals surface area contributed by atoms with Gasteiger partial charge in [0.05, 0.1) is 37.4 Å². The first-order valence-electron chi connectivity index (χ1n) is 7.93. The predicted octanol–water partition coefficient (Wildman–Crippen LogP) is 2.87. The molecule has 6 heteroatoms. The Hall–Kier alpha value is -1.62. The summed E-state index contributed by atoms with van der Waals surface area (Å²) in [7, 11) is 0. The van der Waals surface area contributed by atoms with Gasteiger partial charge in [0.25, 0.3) is 0 Å². The second-order valence-corrected chi connectivity index (χ2v) is 6.73. The Kier molecular flexibility index (Phi) is 5.72. The quantitative estimate of drug-likeness (QED) is 0.824. The van der Waals surface area contributed by atoms with Gasteiger partial charge in [-0.3, -0.25) is 5.01 Å². The van der Waals surface area contributed by atoms with Crippen molar-refractivity contribution in [3.63, 3.8) is 0 Å². The number of halogens is 3. The van der Waals surface area contributed by atoms with Crippen molar-refractivity contribution in [1.29, 1.82) is 0 Å². The first kappa shape index (κ1) is 17.2. The van der Waals surface area contributed by atoms with E-state index < -0.39 is 0 Å². The molecule has 24 heavy (non-hydrogen) atoms. The number of benzene rings is 2. The first-order valence-corrected chi connectivity index (χ1v) is 8.68. The summed E-state index contributed by atoms with van der Waals surface area (Å²) in [5.41, 5.74) is 1.62. The summed E-state index contributed by atoms with van der Waals surface area (Å²) in [5.74, 6) is -0.349. The van der Waals surface area contributed by atoms with Crippen LogP contribution in [0.3, 0.4) is 0 Å². The average Bonchev–Trinajstić information content (AvgIpc) is 2.58. The fourth-order valence-electron chi connectivity index (χ4n) is 2.77. The Balaban J connectivity index is 1.53. The van der Waals surface area contributed by atoms with Crippen LogP contribution in [0.1, 0.15) is 11.1 Å². The zero-order valence-electron chi connectivity index (χ0n) is 13.2. The minimum Gasteiger partial charge on any atom is -0.328 e. The highest BCUT2D eigenvalue weighted by Crippen LogP contribution is 2.16. The van der Waals surface area contributed by atoms with Crippen LogP contribution in [0.5, 0.6) is 0 Å². The summed E-state index contributed by atoms with van der Waals surface area (Å²) in [6.45, 7) is 4.64. The number of hydrogen-bond donors (Lipinski definition) is 1. The summed E-state index contributed by atoms with van der Waals surface area (Å²) < 4.78 is 13.7. The van der Waals surface area contributed by atoms with E-state index in [2.05, 4.69) is 17.2 Å². The third kappa shape index (κ3) is 4.47. The molecule has 0 spiro atoms. The van der Waals surface area contributed by atoms with E-state index in [1.54, 1.807) is 12.1 Å². The molecule has 0 bridgehead atoms. The van der Waals surface area contributed by atoms with Crippen LogP contribution in [-0.4, -0.2) is 37.4 Å². The topological polar surface area (TPSA) is 20.0 Å². The maximum Gasteiger partial charge on any atom is 0.133 e. The Labute approximate surface area is 151 Å². The van der Waals surface area contributed by atoms with Crippen LogP contribution in [0.2, 0.25) is 10.0 Å². The van der Waals surface area contributed by atoms with Gasteiger partial charge in [-0.1, -0.05) is 41.4 Å².